The van der Waals surface area contributed by atoms with Crippen LogP contribution in [0, 0.1) is 0 Å². The summed E-state index contributed by atoms with van der Waals surface area (Å²) in [6.45, 7) is 3.51. The average Bonchev–Trinajstić information content (AvgIpc) is 3.30. The Morgan fingerprint density at radius 3 is 2.52 bits per heavy atom. The molecule has 1 aromatic carbocycles. The molecule has 1 fully saturated rings. The van der Waals surface area contributed by atoms with E-state index >= 15 is 0 Å². The minimum atomic E-state index is -0.00763. The number of carbonyl (C=O) groups is 1. The Kier molecular flexibility index (Phi) is 6.58. The van der Waals surface area contributed by atoms with E-state index in [1.807, 2.05) is 35.4 Å². The zero-order valence-corrected chi connectivity index (χ0v) is 17.7. The van der Waals surface area contributed by atoms with Crippen LogP contribution in [-0.2, 0) is 14.3 Å². The van der Waals surface area contributed by atoms with Gasteiger partial charge in [-0.3, -0.25) is 4.79 Å². The lowest BCUT2D eigenvalue weighted by Gasteiger charge is -2.36. The number of fused-ring (bicyclic) bond motifs is 1. The van der Waals surface area contributed by atoms with Crippen molar-refractivity contribution in [1.29, 1.82) is 0 Å². The highest BCUT2D eigenvalue weighted by Crippen LogP contribution is 2.32. The third-order valence-corrected chi connectivity index (χ3v) is 5.27. The maximum atomic E-state index is 12.4. The lowest BCUT2D eigenvalue weighted by Crippen LogP contribution is -2.50. The van der Waals surface area contributed by atoms with Crippen LogP contribution in [0.5, 0.6) is 5.75 Å². The summed E-state index contributed by atoms with van der Waals surface area (Å²) in [5, 5.41) is 4.39. The smallest absolute Gasteiger partial charge is 0.254 e. The largest absolute Gasteiger partial charge is 0.497 e. The fourth-order valence-corrected chi connectivity index (χ4v) is 3.61. The van der Waals surface area contributed by atoms with Crippen molar-refractivity contribution in [2.75, 3.05) is 65.1 Å². The molecule has 4 rings (SSSR count). The van der Waals surface area contributed by atoms with E-state index in [1.165, 1.54) is 6.33 Å². The predicted octanol–water partition coefficient (Wildman–Crippen LogP) is 1.11. The topological polar surface area (TPSA) is 94.3 Å². The molecule has 3 aromatic rings. The van der Waals surface area contributed by atoms with E-state index in [4.69, 9.17) is 14.2 Å². The predicted molar refractivity (Wildman–Crippen MR) is 114 cm³/mol. The highest BCUT2D eigenvalue weighted by Gasteiger charge is 2.25. The first-order chi connectivity index (χ1) is 15.2. The third-order valence-electron chi connectivity index (χ3n) is 5.27. The van der Waals surface area contributed by atoms with Crippen LogP contribution in [-0.4, -0.2) is 90.6 Å². The second kappa shape index (κ2) is 9.71. The van der Waals surface area contributed by atoms with Crippen molar-refractivity contribution in [2.24, 2.45) is 0 Å². The highest BCUT2D eigenvalue weighted by atomic mass is 16.5. The van der Waals surface area contributed by atoms with Crippen LogP contribution in [0.15, 0.2) is 36.8 Å². The maximum absolute atomic E-state index is 12.4. The Hall–Kier alpha value is -3.24. The van der Waals surface area contributed by atoms with Crippen molar-refractivity contribution in [3.63, 3.8) is 0 Å². The molecule has 0 spiro atoms. The molecule has 1 saturated heterocycles. The van der Waals surface area contributed by atoms with E-state index in [9.17, 15) is 4.79 Å². The Morgan fingerprint density at radius 1 is 1.03 bits per heavy atom. The van der Waals surface area contributed by atoms with Gasteiger partial charge in [0.15, 0.2) is 0 Å². The van der Waals surface area contributed by atoms with Crippen LogP contribution in [0.2, 0.25) is 0 Å². The number of anilines is 1. The molecule has 164 valence electrons. The number of nitrogens with zero attached hydrogens (tertiary/aromatic N) is 6. The first-order valence-corrected chi connectivity index (χ1v) is 10.1. The van der Waals surface area contributed by atoms with Crippen molar-refractivity contribution in [2.45, 2.75) is 0 Å². The molecule has 3 heterocycles. The van der Waals surface area contributed by atoms with Crippen LogP contribution >= 0.6 is 0 Å². The normalized spacial score (nSPS) is 14.3. The summed E-state index contributed by atoms with van der Waals surface area (Å²) in [6.07, 6.45) is 3.32. The molecule has 0 aliphatic carbocycles. The first-order valence-electron chi connectivity index (χ1n) is 10.1. The summed E-state index contributed by atoms with van der Waals surface area (Å²) < 4.78 is 17.3. The zero-order chi connectivity index (χ0) is 21.6. The summed E-state index contributed by atoms with van der Waals surface area (Å²) in [6, 6.07) is 7.84. The average molecular weight is 426 g/mol. The van der Waals surface area contributed by atoms with Crippen molar-refractivity contribution in [3.05, 3.63) is 36.8 Å². The standard InChI is InChI=1S/C21H26N6O4/c1-29-11-12-31-14-19(28)25-7-9-26(10-8-25)20-18(13-22-21-23-15-24-27(20)21)16-3-5-17(30-2)6-4-16/h3-6,13,15H,7-12,14H2,1-2H3. The van der Waals surface area contributed by atoms with Gasteiger partial charge in [-0.2, -0.15) is 14.6 Å². The number of carbonyl (C=O) groups excluding carboxylic acids is 1. The van der Waals surface area contributed by atoms with E-state index in [0.717, 1.165) is 22.7 Å². The Labute approximate surface area is 180 Å². The van der Waals surface area contributed by atoms with E-state index < -0.39 is 0 Å². The van der Waals surface area contributed by atoms with Gasteiger partial charge in [0, 0.05) is 45.0 Å². The molecular formula is C21H26N6O4. The van der Waals surface area contributed by atoms with Crippen LogP contribution in [0.4, 0.5) is 5.82 Å². The number of methoxy groups -OCH3 is 2. The van der Waals surface area contributed by atoms with Gasteiger partial charge in [0.25, 0.3) is 5.78 Å². The van der Waals surface area contributed by atoms with Gasteiger partial charge in [-0.15, -0.1) is 0 Å². The zero-order valence-electron chi connectivity index (χ0n) is 17.7. The molecule has 0 radical (unpaired) electrons. The second-order valence-electron chi connectivity index (χ2n) is 7.11. The minimum absolute atomic E-state index is 0.00763. The van der Waals surface area contributed by atoms with Gasteiger partial charge in [0.1, 0.15) is 24.5 Å². The van der Waals surface area contributed by atoms with E-state index in [-0.39, 0.29) is 12.5 Å². The number of rotatable bonds is 8. The van der Waals surface area contributed by atoms with E-state index in [2.05, 4.69) is 20.0 Å². The van der Waals surface area contributed by atoms with E-state index in [0.29, 0.717) is 45.2 Å². The van der Waals surface area contributed by atoms with Crippen molar-refractivity contribution in [1.82, 2.24) is 24.5 Å². The number of benzene rings is 1. The molecule has 0 atom stereocenters. The van der Waals surface area contributed by atoms with Crippen molar-refractivity contribution in [3.8, 4) is 16.9 Å². The van der Waals surface area contributed by atoms with Gasteiger partial charge in [-0.1, -0.05) is 12.1 Å². The van der Waals surface area contributed by atoms with Gasteiger partial charge in [-0.05, 0) is 17.7 Å². The second-order valence-corrected chi connectivity index (χ2v) is 7.11. The molecule has 1 aliphatic heterocycles. The number of aromatic nitrogens is 4. The summed E-state index contributed by atoms with van der Waals surface area (Å²) in [5.74, 6) is 2.24. The molecule has 0 N–H and O–H groups in total. The van der Waals surface area contributed by atoms with Gasteiger partial charge >= 0.3 is 0 Å². The van der Waals surface area contributed by atoms with Crippen LogP contribution in [0.25, 0.3) is 16.9 Å². The Morgan fingerprint density at radius 2 is 1.81 bits per heavy atom. The van der Waals surface area contributed by atoms with Gasteiger partial charge in [0.05, 0.1) is 20.3 Å². The Bertz CT molecular complexity index is 1010. The summed E-state index contributed by atoms with van der Waals surface area (Å²) in [4.78, 5) is 25.1. The molecule has 10 heteroatoms. The molecule has 10 nitrogen and oxygen atoms in total. The minimum Gasteiger partial charge on any atom is -0.497 e. The fraction of sp³-hybridized carbons (Fsp3) is 0.429. The molecule has 0 saturated carbocycles. The number of amides is 1. The molecule has 2 aromatic heterocycles. The van der Waals surface area contributed by atoms with Crippen LogP contribution < -0.4 is 9.64 Å². The van der Waals surface area contributed by atoms with Gasteiger partial charge < -0.3 is 24.0 Å². The summed E-state index contributed by atoms with van der Waals surface area (Å²) in [7, 11) is 3.25. The summed E-state index contributed by atoms with van der Waals surface area (Å²) >= 11 is 0. The molecule has 1 aliphatic rings. The Balaban J connectivity index is 1.53. The molecule has 0 bridgehead atoms. The monoisotopic (exact) mass is 426 g/mol. The van der Waals surface area contributed by atoms with Gasteiger partial charge in [0.2, 0.25) is 5.91 Å². The number of ether oxygens (including phenoxy) is 3. The number of piperazine rings is 1. The molecular weight excluding hydrogens is 400 g/mol. The van der Waals surface area contributed by atoms with Crippen LogP contribution in [0.3, 0.4) is 0 Å². The van der Waals surface area contributed by atoms with Crippen molar-refractivity contribution < 1.29 is 19.0 Å². The van der Waals surface area contributed by atoms with Crippen molar-refractivity contribution >= 4 is 17.5 Å². The van der Waals surface area contributed by atoms with Crippen LogP contribution in [0.1, 0.15) is 0 Å². The first kappa shape index (κ1) is 21.0. The summed E-state index contributed by atoms with van der Waals surface area (Å²) in [5.41, 5.74) is 1.95. The lowest BCUT2D eigenvalue weighted by atomic mass is 10.1. The fourth-order valence-electron chi connectivity index (χ4n) is 3.61. The maximum Gasteiger partial charge on any atom is 0.254 e. The van der Waals surface area contributed by atoms with E-state index in [1.54, 1.807) is 18.7 Å². The molecule has 0 unspecified atom stereocenters. The molecule has 1 amide bonds. The highest BCUT2D eigenvalue weighted by molar-refractivity contribution is 5.79. The van der Waals surface area contributed by atoms with Gasteiger partial charge in [-0.25, -0.2) is 4.98 Å². The quantitative estimate of drug-likeness (QED) is 0.495. The number of hydrogen-bond acceptors (Lipinski definition) is 8. The number of hydrogen-bond donors (Lipinski definition) is 0. The SMILES string of the molecule is COCCOCC(=O)N1CCN(c2c(-c3ccc(OC)cc3)cnc3ncnn23)CC1. The lowest BCUT2D eigenvalue weighted by molar-refractivity contribution is -0.136. The third kappa shape index (κ3) is 4.59. The molecule has 31 heavy (non-hydrogen) atoms.